The van der Waals surface area contributed by atoms with E-state index in [0.717, 1.165) is 55.7 Å². The van der Waals surface area contributed by atoms with E-state index in [1.165, 1.54) is 50.0 Å². The number of nitrogens with one attached hydrogen (secondary N) is 2. The second-order valence-corrected chi connectivity index (χ2v) is 21.9. The highest BCUT2D eigenvalue weighted by Crippen LogP contribution is 2.55. The third-order valence-electron chi connectivity index (χ3n) is 15.4. The number of amides is 1. The zero-order valence-corrected chi connectivity index (χ0v) is 39.8. The number of H-pyrrole nitrogens is 1. The molecule has 5 heterocycles. The summed E-state index contributed by atoms with van der Waals surface area (Å²) in [7, 11) is -3.27. The summed E-state index contributed by atoms with van der Waals surface area (Å²) in [5.74, 6) is -0.405. The van der Waals surface area contributed by atoms with Crippen molar-refractivity contribution in [1.82, 2.24) is 19.6 Å². The summed E-state index contributed by atoms with van der Waals surface area (Å²) in [6.45, 7) is 9.13. The van der Waals surface area contributed by atoms with E-state index in [0.29, 0.717) is 49.3 Å². The van der Waals surface area contributed by atoms with Gasteiger partial charge in [-0.25, -0.2) is 13.1 Å². The number of nitrogens with zero attached hydrogens (tertiary/aromatic N) is 4. The van der Waals surface area contributed by atoms with Crippen molar-refractivity contribution in [2.24, 2.45) is 11.3 Å². The predicted octanol–water partition coefficient (Wildman–Crippen LogP) is 9.18. The van der Waals surface area contributed by atoms with Gasteiger partial charge in [-0.05, 0) is 130 Å². The SMILES string of the molecule is COc1nc2[nH]ccc2cc1Oc1cc(N2CCC3(CC2)CC(N2CCC[C@H]2c2ccccc2C(C)C)C3)ccc1C(=O)NS(=O)(=O)c1cc2c(c([N+](=O)[O-])c1)O[C@H]([C@H]1CC[C@](C)(O)CC1)CO2. The molecule has 5 aromatic rings. The van der Waals surface area contributed by atoms with E-state index in [4.69, 9.17) is 18.9 Å². The van der Waals surface area contributed by atoms with Crippen LogP contribution in [0.25, 0.3) is 11.0 Å². The minimum atomic E-state index is -4.72. The Morgan fingerprint density at radius 2 is 1.76 bits per heavy atom. The highest BCUT2D eigenvalue weighted by molar-refractivity contribution is 7.90. The molecule has 4 fully saturated rings. The first kappa shape index (κ1) is 45.9. The van der Waals surface area contributed by atoms with Crippen LogP contribution in [-0.2, 0) is 10.0 Å². The van der Waals surface area contributed by atoms with Crippen molar-refractivity contribution < 1.29 is 42.2 Å². The summed E-state index contributed by atoms with van der Waals surface area (Å²) in [4.78, 5) is 38.0. The lowest BCUT2D eigenvalue weighted by Crippen LogP contribution is -2.54. The molecule has 0 bridgehead atoms. The number of likely N-dealkylation sites (tertiary alicyclic amines) is 1. The first-order valence-corrected chi connectivity index (χ1v) is 25.4. The molecule has 2 atom stereocenters. The maximum absolute atomic E-state index is 14.2. The molecule has 17 heteroatoms. The number of pyridine rings is 1. The van der Waals surface area contributed by atoms with Crippen LogP contribution in [0.15, 0.2) is 77.8 Å². The van der Waals surface area contributed by atoms with Crippen LogP contribution in [0, 0.1) is 21.4 Å². The van der Waals surface area contributed by atoms with Crippen molar-refractivity contribution in [3.63, 3.8) is 0 Å². The number of nitro groups is 1. The Morgan fingerprint density at radius 3 is 2.50 bits per heavy atom. The lowest BCUT2D eigenvalue weighted by molar-refractivity contribution is -0.386. The molecule has 0 unspecified atom stereocenters. The van der Waals surface area contributed by atoms with Crippen LogP contribution in [0.3, 0.4) is 0 Å². The van der Waals surface area contributed by atoms with E-state index in [-0.39, 0.29) is 52.4 Å². The van der Waals surface area contributed by atoms with Crippen molar-refractivity contribution >= 4 is 38.3 Å². The van der Waals surface area contributed by atoms with Crippen molar-refractivity contribution in [3.8, 4) is 28.9 Å². The molecule has 2 aliphatic carbocycles. The number of anilines is 1. The number of rotatable bonds is 12. The molecule has 10 rings (SSSR count). The van der Waals surface area contributed by atoms with Gasteiger partial charge in [0.2, 0.25) is 5.75 Å². The lowest BCUT2D eigenvalue weighted by Gasteiger charge is -2.56. The number of fused-ring (bicyclic) bond motifs is 2. The quantitative estimate of drug-likeness (QED) is 0.0791. The highest BCUT2D eigenvalue weighted by atomic mass is 32.2. The van der Waals surface area contributed by atoms with Crippen molar-refractivity contribution in [3.05, 3.63) is 99.7 Å². The number of methoxy groups -OCH3 is 1. The zero-order chi connectivity index (χ0) is 47.5. The average Bonchev–Trinajstić information content (AvgIpc) is 3.99. The number of hydrogen-bond acceptors (Lipinski definition) is 13. The Balaban J connectivity index is 0.875. The van der Waals surface area contributed by atoms with Crippen LogP contribution in [0.5, 0.6) is 28.9 Å². The summed E-state index contributed by atoms with van der Waals surface area (Å²) in [6, 6.07) is 20.6. The number of aromatic nitrogens is 2. The summed E-state index contributed by atoms with van der Waals surface area (Å²) < 4.78 is 54.3. The van der Waals surface area contributed by atoms with Gasteiger partial charge < -0.3 is 33.9 Å². The number of aromatic amines is 1. The van der Waals surface area contributed by atoms with Gasteiger partial charge in [-0.1, -0.05) is 38.1 Å². The Kier molecular flexibility index (Phi) is 12.1. The first-order valence-electron chi connectivity index (χ1n) is 23.9. The van der Waals surface area contributed by atoms with E-state index in [2.05, 4.69) is 62.6 Å². The van der Waals surface area contributed by atoms with Crippen LogP contribution in [0.4, 0.5) is 11.4 Å². The minimum Gasteiger partial charge on any atom is -0.485 e. The molecule has 5 aliphatic rings. The van der Waals surface area contributed by atoms with Crippen molar-refractivity contribution in [2.75, 3.05) is 38.3 Å². The third kappa shape index (κ3) is 8.84. The first-order chi connectivity index (χ1) is 32.6. The van der Waals surface area contributed by atoms with Crippen LogP contribution >= 0.6 is 0 Å². The normalized spacial score (nSPS) is 24.0. The molecule has 68 heavy (non-hydrogen) atoms. The number of piperidine rings is 1. The predicted molar refractivity (Wildman–Crippen MR) is 256 cm³/mol. The summed E-state index contributed by atoms with van der Waals surface area (Å²) in [5, 5.41) is 23.6. The Bertz CT molecular complexity index is 2840. The largest absolute Gasteiger partial charge is 0.485 e. The number of aliphatic hydroxyl groups is 1. The molecule has 2 saturated carbocycles. The molecule has 360 valence electrons. The van der Waals surface area contributed by atoms with E-state index in [9.17, 15) is 28.4 Å². The maximum atomic E-state index is 14.2. The Hall–Kier alpha value is -5.91. The smallest absolute Gasteiger partial charge is 0.316 e. The fourth-order valence-electron chi connectivity index (χ4n) is 11.5. The van der Waals surface area contributed by atoms with Gasteiger partial charge in [-0.15, -0.1) is 0 Å². The lowest BCUT2D eigenvalue weighted by atomic mass is 9.59. The maximum Gasteiger partial charge on any atom is 0.316 e. The Labute approximate surface area is 396 Å². The zero-order valence-electron chi connectivity index (χ0n) is 39.0. The van der Waals surface area contributed by atoms with Crippen LogP contribution in [-0.4, -0.2) is 90.3 Å². The molecule has 16 nitrogen and oxygen atoms in total. The Morgan fingerprint density at radius 1 is 1.00 bits per heavy atom. The number of nitro benzene ring substituents is 1. The summed E-state index contributed by atoms with van der Waals surface area (Å²) in [5.41, 5.74) is 3.10. The van der Waals surface area contributed by atoms with Gasteiger partial charge in [0, 0.05) is 60.6 Å². The van der Waals surface area contributed by atoms with Gasteiger partial charge in [0.25, 0.3) is 21.8 Å². The number of benzene rings is 3. The van der Waals surface area contributed by atoms with E-state index in [1.807, 2.05) is 6.07 Å². The summed E-state index contributed by atoms with van der Waals surface area (Å²) >= 11 is 0. The van der Waals surface area contributed by atoms with E-state index >= 15 is 0 Å². The monoisotopic (exact) mass is 948 g/mol. The van der Waals surface area contributed by atoms with Crippen molar-refractivity contribution in [1.29, 1.82) is 0 Å². The van der Waals surface area contributed by atoms with Crippen molar-refractivity contribution in [2.45, 2.75) is 120 Å². The molecule has 3 aromatic carbocycles. The molecule has 3 N–H and O–H groups in total. The second-order valence-electron chi connectivity index (χ2n) is 20.2. The molecular formula is C51H60N6O10S. The van der Waals surface area contributed by atoms with Gasteiger partial charge in [0.15, 0.2) is 11.5 Å². The fraction of sp³-hybridized carbons (Fsp3) is 0.490. The standard InChI is InChI=1S/C51H60N6O10S/c1-31(2)37-8-5-6-9-38(37)40-10-7-21-56(40)35-28-51(29-35)18-22-55(23-19-51)34-11-12-39(42(25-34)66-44-24-33-15-20-52-47(33)53-49(44)64-4)48(58)54-68(62,63)36-26-41(57(60)61)46-43(27-36)65-30-45(67-46)32-13-16-50(3,59)17-14-32/h5-6,8-9,11-12,15,20,24-27,31-32,35,40,45,59H,7,10,13-14,16-19,21-23,28-30H2,1-4H3,(H,52,53)(H,54,58)/t32-,40-,45-,50-/m0/s1. The van der Waals surface area contributed by atoms with Crippen LogP contribution in [0.2, 0.25) is 0 Å². The van der Waals surface area contributed by atoms with Gasteiger partial charge in [-0.3, -0.25) is 19.8 Å². The van der Waals surface area contributed by atoms with Gasteiger partial charge in [0.1, 0.15) is 24.1 Å². The molecule has 0 radical (unpaired) electrons. The molecule has 3 aliphatic heterocycles. The number of hydrogen-bond donors (Lipinski definition) is 3. The highest BCUT2D eigenvalue weighted by Gasteiger charge is 2.50. The second kappa shape index (κ2) is 17.9. The molecule has 2 saturated heterocycles. The molecule has 1 amide bonds. The fourth-order valence-corrected chi connectivity index (χ4v) is 12.5. The van der Waals surface area contributed by atoms with E-state index < -0.39 is 43.1 Å². The molecule has 1 spiro atoms. The third-order valence-corrected chi connectivity index (χ3v) is 16.7. The van der Waals surface area contributed by atoms with Crippen LogP contribution < -0.4 is 28.6 Å². The molecular weight excluding hydrogens is 889 g/mol. The minimum absolute atomic E-state index is 0.0110. The van der Waals surface area contributed by atoms with Gasteiger partial charge >= 0.3 is 5.69 Å². The van der Waals surface area contributed by atoms with Crippen LogP contribution in [0.1, 0.15) is 118 Å². The number of sulfonamides is 1. The number of carbonyl (C=O) groups is 1. The van der Waals surface area contributed by atoms with Gasteiger partial charge in [-0.2, -0.15) is 4.98 Å². The molecule has 2 aromatic heterocycles. The number of carbonyl (C=O) groups excluding carboxylic acids is 1. The number of ether oxygens (including phenoxy) is 4. The topological polar surface area (TPSA) is 199 Å². The summed E-state index contributed by atoms with van der Waals surface area (Å²) in [6.07, 6.45) is 10.4. The van der Waals surface area contributed by atoms with Gasteiger partial charge in [0.05, 0.1) is 28.1 Å². The average molecular weight is 949 g/mol. The van der Waals surface area contributed by atoms with E-state index in [1.54, 1.807) is 31.3 Å².